The maximum absolute atomic E-state index is 8.99. The lowest BCUT2D eigenvalue weighted by atomic mass is 10.1. The Bertz CT molecular complexity index is 197. The van der Waals surface area contributed by atoms with E-state index in [1.807, 2.05) is 6.92 Å². The molecule has 0 heterocycles. The van der Waals surface area contributed by atoms with Crippen molar-refractivity contribution >= 4 is 29.9 Å². The third kappa shape index (κ3) is 12.4. The van der Waals surface area contributed by atoms with Crippen LogP contribution in [0.15, 0.2) is 4.99 Å². The molecule has 110 valence electrons. The monoisotopic (exact) mass is 371 g/mol. The van der Waals surface area contributed by atoms with Crippen LogP contribution in [-0.4, -0.2) is 30.3 Å². The van der Waals surface area contributed by atoms with Gasteiger partial charge in [-0.15, -0.1) is 24.0 Å². The van der Waals surface area contributed by atoms with Gasteiger partial charge in [0, 0.05) is 6.54 Å². The Balaban J connectivity index is 0. The predicted octanol–water partition coefficient (Wildman–Crippen LogP) is 2.64. The lowest BCUT2D eigenvalue weighted by Crippen LogP contribution is -2.41. The summed E-state index contributed by atoms with van der Waals surface area (Å²) in [5, 5.41) is 12.0. The van der Waals surface area contributed by atoms with Gasteiger partial charge >= 0.3 is 0 Å². The van der Waals surface area contributed by atoms with Crippen molar-refractivity contribution in [3.05, 3.63) is 0 Å². The Kier molecular flexibility index (Phi) is 16.9. The number of nitrogens with two attached hydrogens (primary N) is 1. The standard InChI is InChI=1S/C13H29N3O.HI/c1-3-5-6-7-8-9-10-15-13(14)16-12(4-2)11-17;/h12,17H,3-11H2,1-2H3,(H3,14,15,16);1H/t12-;/m1./s1. The van der Waals surface area contributed by atoms with Crippen LogP contribution < -0.4 is 11.1 Å². The highest BCUT2D eigenvalue weighted by atomic mass is 127. The molecule has 0 saturated carbocycles. The fourth-order valence-corrected chi connectivity index (χ4v) is 1.62. The molecule has 4 N–H and O–H groups in total. The van der Waals surface area contributed by atoms with E-state index < -0.39 is 0 Å². The molecule has 0 unspecified atom stereocenters. The summed E-state index contributed by atoms with van der Waals surface area (Å²) in [7, 11) is 0. The number of unbranched alkanes of at least 4 members (excludes halogenated alkanes) is 5. The molecule has 0 aliphatic rings. The Morgan fingerprint density at radius 2 is 1.78 bits per heavy atom. The molecule has 0 saturated heterocycles. The van der Waals surface area contributed by atoms with Crippen molar-refractivity contribution in [3.63, 3.8) is 0 Å². The predicted molar refractivity (Wildman–Crippen MR) is 89.6 cm³/mol. The summed E-state index contributed by atoms with van der Waals surface area (Å²) in [5.74, 6) is 0.458. The van der Waals surface area contributed by atoms with Gasteiger partial charge in [0.25, 0.3) is 0 Å². The highest BCUT2D eigenvalue weighted by Crippen LogP contribution is 2.04. The van der Waals surface area contributed by atoms with Crippen LogP contribution in [0.1, 0.15) is 58.8 Å². The fraction of sp³-hybridized carbons (Fsp3) is 0.923. The molecule has 0 aliphatic carbocycles. The quantitative estimate of drug-likeness (QED) is 0.239. The molecule has 0 radical (unpaired) electrons. The van der Waals surface area contributed by atoms with Crippen LogP contribution in [0, 0.1) is 0 Å². The van der Waals surface area contributed by atoms with Crippen LogP contribution >= 0.6 is 24.0 Å². The van der Waals surface area contributed by atoms with Gasteiger partial charge in [-0.1, -0.05) is 46.0 Å². The first-order valence-corrected chi connectivity index (χ1v) is 6.91. The van der Waals surface area contributed by atoms with Crippen molar-refractivity contribution in [2.45, 2.75) is 64.8 Å². The molecule has 0 spiro atoms. The van der Waals surface area contributed by atoms with Crippen molar-refractivity contribution in [1.29, 1.82) is 0 Å². The molecule has 0 fully saturated rings. The molecule has 1 atom stereocenters. The summed E-state index contributed by atoms with van der Waals surface area (Å²) in [6.45, 7) is 5.12. The molecule has 0 aromatic carbocycles. The number of aliphatic imine (C=N–C) groups is 1. The summed E-state index contributed by atoms with van der Waals surface area (Å²) >= 11 is 0. The lowest BCUT2D eigenvalue weighted by molar-refractivity contribution is 0.252. The molecule has 18 heavy (non-hydrogen) atoms. The van der Waals surface area contributed by atoms with Crippen molar-refractivity contribution in [2.75, 3.05) is 13.2 Å². The molecule has 0 bridgehead atoms. The first kappa shape index (κ1) is 20.3. The van der Waals surface area contributed by atoms with Gasteiger partial charge in [-0.25, -0.2) is 0 Å². The highest BCUT2D eigenvalue weighted by Gasteiger charge is 2.03. The summed E-state index contributed by atoms with van der Waals surface area (Å²) in [6.07, 6.45) is 8.43. The van der Waals surface area contributed by atoms with E-state index in [0.29, 0.717) is 5.96 Å². The minimum absolute atomic E-state index is 0. The average Bonchev–Trinajstić information content (AvgIpc) is 2.34. The van der Waals surface area contributed by atoms with E-state index in [2.05, 4.69) is 17.2 Å². The summed E-state index contributed by atoms with van der Waals surface area (Å²) in [4.78, 5) is 4.25. The maximum Gasteiger partial charge on any atom is 0.188 e. The third-order valence-electron chi connectivity index (χ3n) is 2.86. The minimum atomic E-state index is 0. The van der Waals surface area contributed by atoms with Gasteiger partial charge in [-0.2, -0.15) is 0 Å². The second kappa shape index (κ2) is 15.0. The number of rotatable bonds is 10. The largest absolute Gasteiger partial charge is 0.394 e. The number of halogens is 1. The zero-order chi connectivity index (χ0) is 12.9. The zero-order valence-electron chi connectivity index (χ0n) is 11.8. The molecule has 4 nitrogen and oxygen atoms in total. The molecule has 5 heteroatoms. The molecule has 0 amide bonds. The average molecular weight is 371 g/mol. The van der Waals surface area contributed by atoms with Crippen LogP contribution in [-0.2, 0) is 0 Å². The summed E-state index contributed by atoms with van der Waals surface area (Å²) in [6, 6.07) is 0.0308. The first-order chi connectivity index (χ1) is 8.24. The first-order valence-electron chi connectivity index (χ1n) is 6.91. The van der Waals surface area contributed by atoms with Gasteiger partial charge in [0.1, 0.15) is 0 Å². The molecule has 0 rings (SSSR count). The maximum atomic E-state index is 8.99. The van der Waals surface area contributed by atoms with Gasteiger partial charge in [0.05, 0.1) is 12.6 Å². The SMILES string of the molecule is CCCCCCCCN=C(N)N[C@H](CC)CO.I. The molecule has 0 aromatic heterocycles. The number of aliphatic hydroxyl groups excluding tert-OH is 1. The number of aliphatic hydroxyl groups is 1. The molecular weight excluding hydrogens is 341 g/mol. The number of hydrogen-bond donors (Lipinski definition) is 3. The van der Waals surface area contributed by atoms with Gasteiger partial charge < -0.3 is 16.2 Å². The van der Waals surface area contributed by atoms with E-state index in [0.717, 1.165) is 19.4 Å². The van der Waals surface area contributed by atoms with Crippen LogP contribution in [0.2, 0.25) is 0 Å². The summed E-state index contributed by atoms with van der Waals surface area (Å²) in [5.41, 5.74) is 5.72. The van der Waals surface area contributed by atoms with E-state index in [1.165, 1.54) is 32.1 Å². The van der Waals surface area contributed by atoms with E-state index >= 15 is 0 Å². The topological polar surface area (TPSA) is 70.6 Å². The highest BCUT2D eigenvalue weighted by molar-refractivity contribution is 14.0. The van der Waals surface area contributed by atoms with Crippen LogP contribution in [0.25, 0.3) is 0 Å². The van der Waals surface area contributed by atoms with E-state index in [9.17, 15) is 0 Å². The van der Waals surface area contributed by atoms with Gasteiger partial charge in [-0.3, -0.25) is 4.99 Å². The fourth-order valence-electron chi connectivity index (χ4n) is 1.62. The lowest BCUT2D eigenvalue weighted by Gasteiger charge is -2.14. The van der Waals surface area contributed by atoms with Crippen LogP contribution in [0.3, 0.4) is 0 Å². The van der Waals surface area contributed by atoms with E-state index in [1.54, 1.807) is 0 Å². The van der Waals surface area contributed by atoms with Crippen molar-refractivity contribution in [2.24, 2.45) is 10.7 Å². The van der Waals surface area contributed by atoms with Crippen molar-refractivity contribution < 1.29 is 5.11 Å². The Hall–Kier alpha value is -0.0400. The van der Waals surface area contributed by atoms with Gasteiger partial charge in [0.2, 0.25) is 0 Å². The second-order valence-corrected chi connectivity index (χ2v) is 4.47. The number of guanidine groups is 1. The van der Waals surface area contributed by atoms with Gasteiger partial charge in [0.15, 0.2) is 5.96 Å². The van der Waals surface area contributed by atoms with Crippen molar-refractivity contribution in [3.8, 4) is 0 Å². The van der Waals surface area contributed by atoms with E-state index in [-0.39, 0.29) is 36.6 Å². The van der Waals surface area contributed by atoms with Crippen LogP contribution in [0.4, 0.5) is 0 Å². The molecule has 0 aliphatic heterocycles. The van der Waals surface area contributed by atoms with Crippen LogP contribution in [0.5, 0.6) is 0 Å². The Morgan fingerprint density at radius 3 is 2.33 bits per heavy atom. The van der Waals surface area contributed by atoms with Crippen molar-refractivity contribution in [1.82, 2.24) is 5.32 Å². The van der Waals surface area contributed by atoms with Gasteiger partial charge in [-0.05, 0) is 12.8 Å². The number of hydrogen-bond acceptors (Lipinski definition) is 2. The second-order valence-electron chi connectivity index (χ2n) is 4.47. The number of nitrogens with zero attached hydrogens (tertiary/aromatic N) is 1. The Labute approximate surface area is 129 Å². The number of nitrogens with one attached hydrogen (secondary N) is 1. The van der Waals surface area contributed by atoms with E-state index in [4.69, 9.17) is 10.8 Å². The smallest absolute Gasteiger partial charge is 0.188 e. The molecular formula is C13H30IN3O. The zero-order valence-corrected chi connectivity index (χ0v) is 14.2. The molecule has 0 aromatic rings. The third-order valence-corrected chi connectivity index (χ3v) is 2.86. The minimum Gasteiger partial charge on any atom is -0.394 e. The normalized spacial score (nSPS) is 12.9. The summed E-state index contributed by atoms with van der Waals surface area (Å²) < 4.78 is 0. The Morgan fingerprint density at radius 1 is 1.17 bits per heavy atom.